The van der Waals surface area contributed by atoms with E-state index >= 15 is 0 Å². The predicted molar refractivity (Wildman–Crippen MR) is 79.6 cm³/mol. The molecule has 1 saturated heterocycles. The normalized spacial score (nSPS) is 18.2. The Bertz CT molecular complexity index is 627. The Morgan fingerprint density at radius 3 is 3.14 bits per heavy atom. The fraction of sp³-hybridized carbons (Fsp3) is 0.429. The van der Waals surface area contributed by atoms with Crippen molar-refractivity contribution in [3.05, 3.63) is 36.0 Å². The van der Waals surface area contributed by atoms with Gasteiger partial charge in [-0.25, -0.2) is 0 Å². The third-order valence-corrected chi connectivity index (χ3v) is 4.16. The number of furan rings is 1. The van der Waals surface area contributed by atoms with Crippen LogP contribution in [0, 0.1) is 5.92 Å². The maximum absolute atomic E-state index is 12.3. The summed E-state index contributed by atoms with van der Waals surface area (Å²) < 4.78 is 12.9. The Hall–Kier alpha value is -2.22. The summed E-state index contributed by atoms with van der Waals surface area (Å²) in [5.74, 6) is 0.230. The lowest BCUT2D eigenvalue weighted by molar-refractivity contribution is 0.0665. The zero-order chi connectivity index (χ0) is 15.4. The SMILES string of the molecule is O=C(NCC1CCCN(C(=O)c2cnsn2)C1)c1ccco1. The molecule has 1 atom stereocenters. The fourth-order valence-corrected chi connectivity index (χ4v) is 2.98. The molecule has 116 valence electrons. The van der Waals surface area contributed by atoms with Gasteiger partial charge < -0.3 is 14.6 Å². The van der Waals surface area contributed by atoms with Crippen LogP contribution in [0.25, 0.3) is 0 Å². The molecule has 1 aliphatic heterocycles. The number of aromatic nitrogens is 2. The monoisotopic (exact) mass is 320 g/mol. The standard InChI is InChI=1S/C14H16N4O3S/c19-13(12-4-2-6-21-12)15-7-10-3-1-5-18(9-10)14(20)11-8-16-22-17-11/h2,4,6,8,10H,1,3,5,7,9H2,(H,15,19). The van der Waals surface area contributed by atoms with Crippen molar-refractivity contribution >= 4 is 23.5 Å². The summed E-state index contributed by atoms with van der Waals surface area (Å²) in [6.07, 6.45) is 4.87. The second kappa shape index (κ2) is 6.69. The highest BCUT2D eigenvalue weighted by molar-refractivity contribution is 6.99. The third-order valence-electron chi connectivity index (χ3n) is 3.68. The van der Waals surface area contributed by atoms with Gasteiger partial charge in [-0.2, -0.15) is 8.75 Å². The van der Waals surface area contributed by atoms with E-state index in [0.29, 0.717) is 24.5 Å². The average molecular weight is 320 g/mol. The topological polar surface area (TPSA) is 88.3 Å². The first-order valence-electron chi connectivity index (χ1n) is 7.12. The van der Waals surface area contributed by atoms with Crippen molar-refractivity contribution in [3.63, 3.8) is 0 Å². The van der Waals surface area contributed by atoms with E-state index in [9.17, 15) is 9.59 Å². The van der Waals surface area contributed by atoms with E-state index in [1.54, 1.807) is 17.0 Å². The Labute approximate surface area is 131 Å². The molecule has 0 radical (unpaired) electrons. The number of piperidine rings is 1. The van der Waals surface area contributed by atoms with Gasteiger partial charge in [0.15, 0.2) is 11.5 Å². The molecule has 2 aromatic heterocycles. The second-order valence-corrected chi connectivity index (χ2v) is 5.80. The first-order chi connectivity index (χ1) is 10.7. The van der Waals surface area contributed by atoms with Crippen LogP contribution in [-0.2, 0) is 0 Å². The molecule has 7 nitrogen and oxygen atoms in total. The molecule has 1 fully saturated rings. The molecular formula is C14H16N4O3S. The van der Waals surface area contributed by atoms with E-state index in [-0.39, 0.29) is 17.7 Å². The van der Waals surface area contributed by atoms with Crippen molar-refractivity contribution in [2.24, 2.45) is 5.92 Å². The number of likely N-dealkylation sites (tertiary alicyclic amines) is 1. The van der Waals surface area contributed by atoms with E-state index < -0.39 is 0 Å². The van der Waals surface area contributed by atoms with Crippen molar-refractivity contribution in [3.8, 4) is 0 Å². The minimum atomic E-state index is -0.225. The lowest BCUT2D eigenvalue weighted by Crippen LogP contribution is -2.43. The van der Waals surface area contributed by atoms with Gasteiger partial charge in [-0.3, -0.25) is 9.59 Å². The Morgan fingerprint density at radius 1 is 1.50 bits per heavy atom. The van der Waals surface area contributed by atoms with Gasteiger partial charge >= 0.3 is 0 Å². The zero-order valence-corrected chi connectivity index (χ0v) is 12.7. The molecule has 0 saturated carbocycles. The van der Waals surface area contributed by atoms with E-state index in [1.807, 2.05) is 0 Å². The molecule has 1 aliphatic rings. The van der Waals surface area contributed by atoms with E-state index in [4.69, 9.17) is 4.42 Å². The highest BCUT2D eigenvalue weighted by Gasteiger charge is 2.26. The van der Waals surface area contributed by atoms with Crippen LogP contribution in [0.3, 0.4) is 0 Å². The molecule has 0 spiro atoms. The zero-order valence-electron chi connectivity index (χ0n) is 11.9. The van der Waals surface area contributed by atoms with E-state index in [2.05, 4.69) is 14.1 Å². The van der Waals surface area contributed by atoms with Crippen LogP contribution in [0.1, 0.15) is 33.9 Å². The number of amides is 2. The Morgan fingerprint density at radius 2 is 2.41 bits per heavy atom. The van der Waals surface area contributed by atoms with E-state index in [0.717, 1.165) is 31.1 Å². The molecule has 8 heteroatoms. The van der Waals surface area contributed by atoms with Gasteiger partial charge in [0.2, 0.25) is 0 Å². The van der Waals surface area contributed by atoms with Crippen LogP contribution in [0.4, 0.5) is 0 Å². The maximum atomic E-state index is 12.3. The van der Waals surface area contributed by atoms with Crippen LogP contribution < -0.4 is 5.32 Å². The number of carbonyl (C=O) groups excluding carboxylic acids is 2. The summed E-state index contributed by atoms with van der Waals surface area (Å²) in [7, 11) is 0. The Kier molecular flexibility index (Phi) is 4.47. The van der Waals surface area contributed by atoms with Crippen LogP contribution in [0.5, 0.6) is 0 Å². The van der Waals surface area contributed by atoms with Gasteiger partial charge in [0, 0.05) is 19.6 Å². The first kappa shape index (κ1) is 14.7. The summed E-state index contributed by atoms with van der Waals surface area (Å²) in [6, 6.07) is 3.30. The molecule has 2 amide bonds. The van der Waals surface area contributed by atoms with Gasteiger partial charge in [-0.05, 0) is 30.9 Å². The predicted octanol–water partition coefficient (Wildman–Crippen LogP) is 1.41. The largest absolute Gasteiger partial charge is 0.459 e. The van der Waals surface area contributed by atoms with Crippen molar-refractivity contribution in [1.82, 2.24) is 19.0 Å². The molecular weight excluding hydrogens is 304 g/mol. The fourth-order valence-electron chi connectivity index (χ4n) is 2.57. The molecule has 1 N–H and O–H groups in total. The van der Waals surface area contributed by atoms with Gasteiger partial charge in [0.1, 0.15) is 0 Å². The number of nitrogens with one attached hydrogen (secondary N) is 1. The van der Waals surface area contributed by atoms with Crippen LogP contribution in [0.15, 0.2) is 29.0 Å². The lowest BCUT2D eigenvalue weighted by atomic mass is 9.97. The molecule has 0 bridgehead atoms. The van der Waals surface area contributed by atoms with Gasteiger partial charge in [0.25, 0.3) is 11.8 Å². The number of hydrogen-bond acceptors (Lipinski definition) is 6. The summed E-state index contributed by atoms with van der Waals surface area (Å²) in [5.41, 5.74) is 0.394. The summed E-state index contributed by atoms with van der Waals surface area (Å²) >= 11 is 1.03. The number of carbonyl (C=O) groups is 2. The lowest BCUT2D eigenvalue weighted by Gasteiger charge is -2.32. The molecule has 3 heterocycles. The maximum Gasteiger partial charge on any atom is 0.286 e. The average Bonchev–Trinajstić information content (AvgIpc) is 3.25. The summed E-state index contributed by atoms with van der Waals surface area (Å²) in [6.45, 7) is 1.87. The van der Waals surface area contributed by atoms with Crippen molar-refractivity contribution in [2.45, 2.75) is 12.8 Å². The minimum Gasteiger partial charge on any atom is -0.459 e. The highest BCUT2D eigenvalue weighted by atomic mass is 32.1. The Balaban J connectivity index is 1.52. The molecule has 1 unspecified atom stereocenters. The van der Waals surface area contributed by atoms with Gasteiger partial charge in [-0.15, -0.1) is 0 Å². The third kappa shape index (κ3) is 3.33. The molecule has 3 rings (SSSR count). The summed E-state index contributed by atoms with van der Waals surface area (Å²) in [4.78, 5) is 25.9. The second-order valence-electron chi connectivity index (χ2n) is 5.24. The molecule has 2 aromatic rings. The molecule has 0 aromatic carbocycles. The van der Waals surface area contributed by atoms with Crippen molar-refractivity contribution in [1.29, 1.82) is 0 Å². The number of rotatable bonds is 4. The molecule has 0 aliphatic carbocycles. The van der Waals surface area contributed by atoms with E-state index in [1.165, 1.54) is 12.5 Å². The molecule has 22 heavy (non-hydrogen) atoms. The van der Waals surface area contributed by atoms with Crippen LogP contribution >= 0.6 is 11.7 Å². The van der Waals surface area contributed by atoms with Crippen LogP contribution in [-0.4, -0.2) is 45.1 Å². The van der Waals surface area contributed by atoms with Gasteiger partial charge in [0.05, 0.1) is 24.2 Å². The smallest absolute Gasteiger partial charge is 0.286 e. The summed E-state index contributed by atoms with van der Waals surface area (Å²) in [5, 5.41) is 2.85. The quantitative estimate of drug-likeness (QED) is 0.920. The highest BCUT2D eigenvalue weighted by Crippen LogP contribution is 2.18. The minimum absolute atomic E-state index is 0.0872. The first-order valence-corrected chi connectivity index (χ1v) is 7.85. The van der Waals surface area contributed by atoms with Crippen LogP contribution in [0.2, 0.25) is 0 Å². The van der Waals surface area contributed by atoms with Crippen molar-refractivity contribution in [2.75, 3.05) is 19.6 Å². The number of nitrogens with zero attached hydrogens (tertiary/aromatic N) is 3. The van der Waals surface area contributed by atoms with Gasteiger partial charge in [-0.1, -0.05) is 0 Å². The van der Waals surface area contributed by atoms with Crippen molar-refractivity contribution < 1.29 is 14.0 Å². The number of hydrogen-bond donors (Lipinski definition) is 1.